The molecule has 0 unspecified atom stereocenters. The van der Waals surface area contributed by atoms with E-state index in [2.05, 4.69) is 20.9 Å². The molecular weight excluding hydrogens is 394 g/mol. The predicted molar refractivity (Wildman–Crippen MR) is 90.8 cm³/mol. The summed E-state index contributed by atoms with van der Waals surface area (Å²) in [4.78, 5) is 5.15. The van der Waals surface area contributed by atoms with E-state index in [4.69, 9.17) is 18.0 Å². The summed E-state index contributed by atoms with van der Waals surface area (Å²) < 4.78 is 27.1. The van der Waals surface area contributed by atoms with Crippen LogP contribution >= 0.6 is 39.5 Å². The fourth-order valence-electron chi connectivity index (χ4n) is 1.60. The fourth-order valence-corrected chi connectivity index (χ4v) is 4.40. The molecule has 2 rings (SSSR count). The predicted octanol–water partition coefficient (Wildman–Crippen LogP) is 2.36. The Bertz CT molecular complexity index is 756. The molecule has 0 aliphatic rings. The number of nitrogens with two attached hydrogens (primary N) is 1. The van der Waals surface area contributed by atoms with Gasteiger partial charge in [0.05, 0.1) is 5.69 Å². The maximum atomic E-state index is 12.4. The summed E-state index contributed by atoms with van der Waals surface area (Å²) in [6, 6.07) is 4.85. The molecule has 0 amide bonds. The Morgan fingerprint density at radius 2 is 2.24 bits per heavy atom. The highest BCUT2D eigenvalue weighted by Crippen LogP contribution is 2.23. The van der Waals surface area contributed by atoms with Crippen molar-refractivity contribution in [3.8, 4) is 0 Å². The van der Waals surface area contributed by atoms with Crippen molar-refractivity contribution < 1.29 is 8.42 Å². The normalized spacial score (nSPS) is 11.8. The number of nitrogens with zero attached hydrogens (tertiary/aromatic N) is 2. The standard InChI is InChI=1S/C12H12BrN3O2S3/c1-16(6-9-4-8(13)7-20-9)21(17,18)10-2-3-11(12(14)19)15-5-10/h2-5,7H,6H2,1H3,(H2,14,19). The molecule has 0 atom stereocenters. The summed E-state index contributed by atoms with van der Waals surface area (Å²) in [5.41, 5.74) is 5.84. The Morgan fingerprint density at radius 3 is 2.71 bits per heavy atom. The fraction of sp³-hybridized carbons (Fsp3) is 0.167. The van der Waals surface area contributed by atoms with Crippen LogP contribution in [0.25, 0.3) is 0 Å². The van der Waals surface area contributed by atoms with E-state index < -0.39 is 10.0 Å². The van der Waals surface area contributed by atoms with Gasteiger partial charge in [-0.15, -0.1) is 11.3 Å². The minimum absolute atomic E-state index is 0.112. The highest BCUT2D eigenvalue weighted by atomic mass is 79.9. The van der Waals surface area contributed by atoms with Crippen LogP contribution in [0.2, 0.25) is 0 Å². The number of rotatable bonds is 5. The zero-order chi connectivity index (χ0) is 15.6. The lowest BCUT2D eigenvalue weighted by atomic mass is 10.3. The van der Waals surface area contributed by atoms with Gasteiger partial charge in [-0.2, -0.15) is 4.31 Å². The molecule has 0 fully saturated rings. The molecule has 0 radical (unpaired) electrons. The van der Waals surface area contributed by atoms with Crippen molar-refractivity contribution in [1.29, 1.82) is 0 Å². The van der Waals surface area contributed by atoms with Crippen molar-refractivity contribution in [2.45, 2.75) is 11.4 Å². The average Bonchev–Trinajstić information content (AvgIpc) is 2.84. The maximum Gasteiger partial charge on any atom is 0.244 e. The molecule has 0 aliphatic heterocycles. The number of hydrogen-bond donors (Lipinski definition) is 1. The van der Waals surface area contributed by atoms with E-state index in [0.29, 0.717) is 12.2 Å². The van der Waals surface area contributed by atoms with Crippen molar-refractivity contribution in [2.24, 2.45) is 5.73 Å². The number of aromatic nitrogens is 1. The van der Waals surface area contributed by atoms with E-state index in [9.17, 15) is 8.42 Å². The van der Waals surface area contributed by atoms with Gasteiger partial charge in [0.2, 0.25) is 10.0 Å². The Kier molecular flexibility index (Phi) is 5.10. The third-order valence-electron chi connectivity index (χ3n) is 2.70. The van der Waals surface area contributed by atoms with Gasteiger partial charge in [-0.1, -0.05) is 12.2 Å². The quantitative estimate of drug-likeness (QED) is 0.772. The van der Waals surface area contributed by atoms with Crippen molar-refractivity contribution in [2.75, 3.05) is 7.05 Å². The molecule has 21 heavy (non-hydrogen) atoms. The number of thiocarbonyl (C=S) groups is 1. The van der Waals surface area contributed by atoms with Crippen LogP contribution in [0, 0.1) is 0 Å². The molecule has 5 nitrogen and oxygen atoms in total. The Balaban J connectivity index is 2.22. The summed E-state index contributed by atoms with van der Waals surface area (Å²) in [6.45, 7) is 0.301. The van der Waals surface area contributed by atoms with E-state index >= 15 is 0 Å². The smallest absolute Gasteiger partial charge is 0.244 e. The lowest BCUT2D eigenvalue weighted by Gasteiger charge is -2.16. The largest absolute Gasteiger partial charge is 0.388 e. The molecule has 0 saturated carbocycles. The lowest BCUT2D eigenvalue weighted by Crippen LogP contribution is -2.26. The van der Waals surface area contributed by atoms with Crippen LogP contribution in [-0.4, -0.2) is 29.7 Å². The zero-order valence-electron chi connectivity index (χ0n) is 11.0. The molecule has 2 aromatic heterocycles. The van der Waals surface area contributed by atoms with E-state index in [1.54, 1.807) is 0 Å². The number of pyridine rings is 1. The molecule has 2 aromatic rings. The summed E-state index contributed by atoms with van der Waals surface area (Å²) in [5, 5.41) is 1.91. The van der Waals surface area contributed by atoms with Crippen molar-refractivity contribution in [3.05, 3.63) is 44.8 Å². The Hall–Kier alpha value is -0.870. The van der Waals surface area contributed by atoms with Crippen LogP contribution in [0.4, 0.5) is 0 Å². The van der Waals surface area contributed by atoms with Crippen LogP contribution in [-0.2, 0) is 16.6 Å². The molecule has 0 aliphatic carbocycles. The number of thiophene rings is 1. The first-order valence-electron chi connectivity index (χ1n) is 5.76. The second-order valence-electron chi connectivity index (χ2n) is 4.24. The van der Waals surface area contributed by atoms with Gasteiger partial charge in [-0.3, -0.25) is 4.98 Å². The summed E-state index contributed by atoms with van der Waals surface area (Å²) >= 11 is 9.63. The first-order valence-corrected chi connectivity index (χ1v) is 9.28. The van der Waals surface area contributed by atoms with Gasteiger partial charge in [0.25, 0.3) is 0 Å². The molecule has 0 bridgehead atoms. The van der Waals surface area contributed by atoms with Crippen molar-refractivity contribution in [3.63, 3.8) is 0 Å². The van der Waals surface area contributed by atoms with Gasteiger partial charge in [0, 0.05) is 34.5 Å². The zero-order valence-corrected chi connectivity index (χ0v) is 15.0. The lowest BCUT2D eigenvalue weighted by molar-refractivity contribution is 0.469. The monoisotopic (exact) mass is 405 g/mol. The second-order valence-corrected chi connectivity index (χ2v) is 8.63. The summed E-state index contributed by atoms with van der Waals surface area (Å²) in [7, 11) is -2.06. The van der Waals surface area contributed by atoms with Gasteiger partial charge >= 0.3 is 0 Å². The second kappa shape index (κ2) is 6.49. The Morgan fingerprint density at radius 1 is 1.52 bits per heavy atom. The highest BCUT2D eigenvalue weighted by molar-refractivity contribution is 9.10. The SMILES string of the molecule is CN(Cc1cc(Br)cs1)S(=O)(=O)c1ccc(C(N)=S)nc1. The van der Waals surface area contributed by atoms with Crippen LogP contribution in [0.5, 0.6) is 0 Å². The first kappa shape index (κ1) is 16.5. The number of halogens is 1. The highest BCUT2D eigenvalue weighted by Gasteiger charge is 2.22. The van der Waals surface area contributed by atoms with Crippen molar-refractivity contribution >= 4 is 54.5 Å². The summed E-state index contributed by atoms with van der Waals surface area (Å²) in [6.07, 6.45) is 1.27. The number of hydrogen-bond acceptors (Lipinski definition) is 5. The van der Waals surface area contributed by atoms with Crippen LogP contribution in [0.15, 0.2) is 39.1 Å². The van der Waals surface area contributed by atoms with Gasteiger partial charge in [0.15, 0.2) is 0 Å². The van der Waals surface area contributed by atoms with Crippen LogP contribution < -0.4 is 5.73 Å². The third kappa shape index (κ3) is 3.86. The van der Waals surface area contributed by atoms with Crippen LogP contribution in [0.3, 0.4) is 0 Å². The molecule has 0 aromatic carbocycles. The Labute approximate surface area is 141 Å². The first-order chi connectivity index (χ1) is 9.80. The molecule has 0 spiro atoms. The van der Waals surface area contributed by atoms with Crippen molar-refractivity contribution in [1.82, 2.24) is 9.29 Å². The molecule has 2 heterocycles. The number of sulfonamides is 1. The van der Waals surface area contributed by atoms with E-state index in [1.807, 2.05) is 11.4 Å². The summed E-state index contributed by atoms with van der Waals surface area (Å²) in [5.74, 6) is 0. The average molecular weight is 406 g/mol. The maximum absolute atomic E-state index is 12.4. The van der Waals surface area contributed by atoms with E-state index in [-0.39, 0.29) is 9.88 Å². The third-order valence-corrected chi connectivity index (χ3v) is 6.38. The molecule has 2 N–H and O–H groups in total. The topological polar surface area (TPSA) is 76.3 Å². The van der Waals surface area contributed by atoms with Gasteiger partial charge in [-0.25, -0.2) is 8.42 Å². The minimum Gasteiger partial charge on any atom is -0.388 e. The van der Waals surface area contributed by atoms with E-state index in [0.717, 1.165) is 9.35 Å². The van der Waals surface area contributed by atoms with Crippen LogP contribution in [0.1, 0.15) is 10.6 Å². The molecule has 9 heteroatoms. The molecule has 112 valence electrons. The van der Waals surface area contributed by atoms with Gasteiger partial charge in [0.1, 0.15) is 9.88 Å². The minimum atomic E-state index is -3.59. The van der Waals surface area contributed by atoms with Gasteiger partial charge < -0.3 is 5.73 Å². The molecule has 0 saturated heterocycles. The van der Waals surface area contributed by atoms with E-state index in [1.165, 1.54) is 41.0 Å². The van der Waals surface area contributed by atoms with Gasteiger partial charge in [-0.05, 0) is 34.1 Å². The molecular formula is C12H12BrN3O2S3.